The second-order valence-corrected chi connectivity index (χ2v) is 11.9. The lowest BCUT2D eigenvalue weighted by Gasteiger charge is -2.32. The number of aromatic nitrogens is 2. The molecule has 9 nitrogen and oxygen atoms in total. The number of alkyl halides is 3. The summed E-state index contributed by atoms with van der Waals surface area (Å²) in [7, 11) is -3.65. The van der Waals surface area contributed by atoms with Gasteiger partial charge in [-0.1, -0.05) is 12.1 Å². The topological polar surface area (TPSA) is 106 Å². The van der Waals surface area contributed by atoms with Crippen LogP contribution in [0.5, 0.6) is 5.88 Å². The van der Waals surface area contributed by atoms with E-state index in [0.29, 0.717) is 38.0 Å². The van der Waals surface area contributed by atoms with Gasteiger partial charge < -0.3 is 20.1 Å². The molecule has 208 valence electrons. The summed E-state index contributed by atoms with van der Waals surface area (Å²) in [6, 6.07) is 6.96. The van der Waals surface area contributed by atoms with Crippen LogP contribution in [0.1, 0.15) is 49.1 Å². The number of hydrogen-bond acceptors (Lipinski definition) is 8. The standard InChI is InChI=1S/C25H32F3N5O4S/c26-25(27,28)22-15-30-24(32-23(22)37-20-9-13-36-16-20)31-19-7-11-33(12-8-19)38(34,35)21-5-3-17(4-6-21)18-2-1-10-29-14-18/h3-6,15,18-20,29H,1-2,7-14,16H2,(H,30,31,32)/t18-,20-/m0/s1. The maximum Gasteiger partial charge on any atom is 0.423 e. The van der Waals surface area contributed by atoms with Crippen LogP contribution in [-0.4, -0.2) is 74.2 Å². The van der Waals surface area contributed by atoms with E-state index in [1.165, 1.54) is 4.31 Å². The lowest BCUT2D eigenvalue weighted by atomic mass is 9.92. The molecule has 0 bridgehead atoms. The van der Waals surface area contributed by atoms with Gasteiger partial charge in [-0.25, -0.2) is 13.4 Å². The highest BCUT2D eigenvalue weighted by molar-refractivity contribution is 7.89. The minimum Gasteiger partial charge on any atom is -0.471 e. The van der Waals surface area contributed by atoms with Crippen LogP contribution in [0.2, 0.25) is 0 Å². The molecule has 3 aliphatic rings. The summed E-state index contributed by atoms with van der Waals surface area (Å²) in [6.45, 7) is 3.10. The molecule has 0 radical (unpaired) electrons. The van der Waals surface area contributed by atoms with Crippen molar-refractivity contribution < 1.29 is 31.1 Å². The third-order valence-electron chi connectivity index (χ3n) is 7.30. The number of hydrogen-bond donors (Lipinski definition) is 2. The molecule has 2 N–H and O–H groups in total. The van der Waals surface area contributed by atoms with Gasteiger partial charge in [-0.15, -0.1) is 0 Å². The zero-order valence-corrected chi connectivity index (χ0v) is 21.7. The highest BCUT2D eigenvalue weighted by Gasteiger charge is 2.38. The summed E-state index contributed by atoms with van der Waals surface area (Å²) in [5.74, 6) is -0.119. The monoisotopic (exact) mass is 555 g/mol. The van der Waals surface area contributed by atoms with Crippen LogP contribution in [0.4, 0.5) is 19.1 Å². The lowest BCUT2D eigenvalue weighted by Crippen LogP contribution is -2.42. The van der Waals surface area contributed by atoms with E-state index in [4.69, 9.17) is 9.47 Å². The second-order valence-electron chi connectivity index (χ2n) is 9.95. The maximum absolute atomic E-state index is 13.4. The summed E-state index contributed by atoms with van der Waals surface area (Å²) in [5.41, 5.74) is 0.0982. The van der Waals surface area contributed by atoms with E-state index in [1.807, 2.05) is 12.1 Å². The molecule has 2 atom stereocenters. The predicted octanol–water partition coefficient (Wildman–Crippen LogP) is 3.40. The van der Waals surface area contributed by atoms with Gasteiger partial charge in [0, 0.05) is 38.3 Å². The fraction of sp³-hybridized carbons (Fsp3) is 0.600. The fourth-order valence-electron chi connectivity index (χ4n) is 5.10. The van der Waals surface area contributed by atoms with E-state index in [-0.39, 0.29) is 36.6 Å². The van der Waals surface area contributed by atoms with Gasteiger partial charge in [-0.3, -0.25) is 0 Å². The van der Waals surface area contributed by atoms with Crippen LogP contribution in [0.3, 0.4) is 0 Å². The van der Waals surface area contributed by atoms with Crippen LogP contribution in [0, 0.1) is 0 Å². The Labute approximate surface area is 220 Å². The number of benzene rings is 1. The first kappa shape index (κ1) is 27.1. The van der Waals surface area contributed by atoms with E-state index < -0.39 is 33.7 Å². The molecule has 3 aliphatic heterocycles. The van der Waals surface area contributed by atoms with Crippen LogP contribution >= 0.6 is 0 Å². The van der Waals surface area contributed by atoms with Crippen molar-refractivity contribution in [3.63, 3.8) is 0 Å². The first-order valence-corrected chi connectivity index (χ1v) is 14.4. The normalized spacial score (nSPS) is 23.9. The van der Waals surface area contributed by atoms with E-state index in [2.05, 4.69) is 20.6 Å². The molecule has 0 amide bonds. The average Bonchev–Trinajstić information content (AvgIpc) is 3.42. The molecule has 3 saturated heterocycles. The van der Waals surface area contributed by atoms with Crippen molar-refractivity contribution in [2.45, 2.75) is 61.2 Å². The Hall–Kier alpha value is -2.48. The van der Waals surface area contributed by atoms with Crippen molar-refractivity contribution in [3.8, 4) is 5.88 Å². The zero-order chi connectivity index (χ0) is 26.8. The number of ether oxygens (including phenoxy) is 2. The lowest BCUT2D eigenvalue weighted by molar-refractivity contribution is -0.139. The van der Waals surface area contributed by atoms with Gasteiger partial charge in [0.2, 0.25) is 21.9 Å². The number of nitrogens with zero attached hydrogens (tertiary/aromatic N) is 3. The van der Waals surface area contributed by atoms with Crippen molar-refractivity contribution >= 4 is 16.0 Å². The highest BCUT2D eigenvalue weighted by atomic mass is 32.2. The summed E-state index contributed by atoms with van der Waals surface area (Å²) < 4.78 is 78.9. The Morgan fingerprint density at radius 3 is 2.50 bits per heavy atom. The summed E-state index contributed by atoms with van der Waals surface area (Å²) in [6.07, 6.45) is -0.839. The van der Waals surface area contributed by atoms with Crippen LogP contribution in [0.15, 0.2) is 35.4 Å². The minimum absolute atomic E-state index is 0.0148. The zero-order valence-electron chi connectivity index (χ0n) is 20.9. The van der Waals surface area contributed by atoms with E-state index in [1.54, 1.807) is 12.1 Å². The Bertz CT molecular complexity index is 1190. The highest BCUT2D eigenvalue weighted by Crippen LogP contribution is 2.36. The van der Waals surface area contributed by atoms with E-state index >= 15 is 0 Å². The van der Waals surface area contributed by atoms with Crippen molar-refractivity contribution in [1.29, 1.82) is 0 Å². The van der Waals surface area contributed by atoms with Gasteiger partial charge in [-0.2, -0.15) is 22.5 Å². The third kappa shape index (κ3) is 6.22. The van der Waals surface area contributed by atoms with Gasteiger partial charge in [0.05, 0.1) is 18.1 Å². The first-order chi connectivity index (χ1) is 18.2. The number of anilines is 1. The number of sulfonamides is 1. The molecular formula is C25H32F3N5O4S. The summed E-state index contributed by atoms with van der Waals surface area (Å²) >= 11 is 0. The van der Waals surface area contributed by atoms with Crippen molar-refractivity contribution in [3.05, 3.63) is 41.6 Å². The van der Waals surface area contributed by atoms with Gasteiger partial charge in [0.25, 0.3) is 0 Å². The Kier molecular flexibility index (Phi) is 8.08. The molecular weight excluding hydrogens is 523 g/mol. The quantitative estimate of drug-likeness (QED) is 0.536. The number of halogens is 3. The molecule has 0 aliphatic carbocycles. The first-order valence-electron chi connectivity index (χ1n) is 13.0. The van der Waals surface area contributed by atoms with Gasteiger partial charge in [-0.05, 0) is 55.8 Å². The Morgan fingerprint density at radius 2 is 1.87 bits per heavy atom. The molecule has 0 saturated carbocycles. The van der Waals surface area contributed by atoms with E-state index in [0.717, 1.165) is 31.5 Å². The van der Waals surface area contributed by atoms with Gasteiger partial charge in [0.1, 0.15) is 11.7 Å². The maximum atomic E-state index is 13.4. The SMILES string of the molecule is O=S(=O)(c1ccc([C@H]2CCCNC2)cc1)N1CCC(Nc2ncc(C(F)(F)F)c(O[C@H]3CCOC3)n2)CC1. The molecule has 2 aromatic rings. The van der Waals surface area contributed by atoms with Crippen molar-refractivity contribution in [2.75, 3.05) is 44.7 Å². The molecule has 1 aromatic carbocycles. The third-order valence-corrected chi connectivity index (χ3v) is 9.21. The number of piperidine rings is 2. The summed E-state index contributed by atoms with van der Waals surface area (Å²) in [4.78, 5) is 8.11. The van der Waals surface area contributed by atoms with Gasteiger partial charge in [0.15, 0.2) is 0 Å². The molecule has 0 spiro atoms. The van der Waals surface area contributed by atoms with Crippen molar-refractivity contribution in [2.24, 2.45) is 0 Å². The largest absolute Gasteiger partial charge is 0.471 e. The molecule has 38 heavy (non-hydrogen) atoms. The van der Waals surface area contributed by atoms with Crippen molar-refractivity contribution in [1.82, 2.24) is 19.6 Å². The predicted molar refractivity (Wildman–Crippen MR) is 134 cm³/mol. The van der Waals surface area contributed by atoms with E-state index in [9.17, 15) is 21.6 Å². The van der Waals surface area contributed by atoms with Crippen LogP contribution in [-0.2, 0) is 20.9 Å². The molecule has 5 rings (SSSR count). The molecule has 13 heteroatoms. The van der Waals surface area contributed by atoms with Gasteiger partial charge >= 0.3 is 6.18 Å². The molecule has 4 heterocycles. The average molecular weight is 556 g/mol. The Balaban J connectivity index is 1.20. The fourth-order valence-corrected chi connectivity index (χ4v) is 6.57. The Morgan fingerprint density at radius 1 is 1.11 bits per heavy atom. The summed E-state index contributed by atoms with van der Waals surface area (Å²) in [5, 5.41) is 6.43. The van der Waals surface area contributed by atoms with Crippen LogP contribution < -0.4 is 15.4 Å². The number of rotatable bonds is 7. The number of nitrogens with one attached hydrogen (secondary N) is 2. The molecule has 1 aromatic heterocycles. The molecule has 3 fully saturated rings. The smallest absolute Gasteiger partial charge is 0.423 e. The molecule has 0 unspecified atom stereocenters. The van der Waals surface area contributed by atoms with Crippen LogP contribution in [0.25, 0.3) is 0 Å². The second kappa shape index (κ2) is 11.3. The minimum atomic E-state index is -4.65.